The summed E-state index contributed by atoms with van der Waals surface area (Å²) < 4.78 is 22.3. The van der Waals surface area contributed by atoms with Crippen molar-refractivity contribution in [2.24, 2.45) is 4.99 Å². The first-order valence-corrected chi connectivity index (χ1v) is 11.8. The van der Waals surface area contributed by atoms with E-state index in [0.717, 1.165) is 9.13 Å². The van der Waals surface area contributed by atoms with Crippen LogP contribution in [0.3, 0.4) is 0 Å². The van der Waals surface area contributed by atoms with E-state index in [-0.39, 0.29) is 24.8 Å². The van der Waals surface area contributed by atoms with E-state index in [1.807, 2.05) is 37.3 Å². The zero-order chi connectivity index (χ0) is 24.0. The summed E-state index contributed by atoms with van der Waals surface area (Å²) in [6.07, 6.45) is 1.64. The lowest BCUT2D eigenvalue weighted by Crippen LogP contribution is -2.15. The highest BCUT2D eigenvalue weighted by Crippen LogP contribution is 2.35. The van der Waals surface area contributed by atoms with E-state index < -0.39 is 11.9 Å². The molecule has 0 atom stereocenters. The molecule has 33 heavy (non-hydrogen) atoms. The van der Waals surface area contributed by atoms with Crippen LogP contribution >= 0.6 is 22.6 Å². The van der Waals surface area contributed by atoms with Crippen molar-refractivity contribution in [3.8, 4) is 11.5 Å². The fourth-order valence-electron chi connectivity index (χ4n) is 3.11. The van der Waals surface area contributed by atoms with Gasteiger partial charge in [0.2, 0.25) is 5.90 Å². The largest absolute Gasteiger partial charge is 0.490 e. The lowest BCUT2D eigenvalue weighted by molar-refractivity contribution is -0.145. The number of carbonyl (C=O) groups is 2. The van der Waals surface area contributed by atoms with E-state index in [2.05, 4.69) is 41.4 Å². The van der Waals surface area contributed by atoms with E-state index in [4.69, 9.17) is 18.9 Å². The number of rotatable bonds is 9. The summed E-state index contributed by atoms with van der Waals surface area (Å²) >= 11 is 2.09. The van der Waals surface area contributed by atoms with Gasteiger partial charge in [-0.2, -0.15) is 0 Å². The molecule has 0 aromatic heterocycles. The Kier molecular flexibility index (Phi) is 8.49. The van der Waals surface area contributed by atoms with Gasteiger partial charge in [0.15, 0.2) is 23.8 Å². The zero-order valence-corrected chi connectivity index (χ0v) is 21.2. The predicted molar refractivity (Wildman–Crippen MR) is 134 cm³/mol. The molecule has 2 aromatic carbocycles. The van der Waals surface area contributed by atoms with Crippen molar-refractivity contribution in [2.45, 2.75) is 33.6 Å². The third-order valence-electron chi connectivity index (χ3n) is 4.72. The molecule has 0 fully saturated rings. The van der Waals surface area contributed by atoms with Crippen LogP contribution in [0, 0.1) is 3.57 Å². The molecule has 2 aromatic rings. The number of esters is 2. The molecule has 1 aliphatic heterocycles. The topological polar surface area (TPSA) is 83.4 Å². The van der Waals surface area contributed by atoms with Crippen LogP contribution in [0.5, 0.6) is 11.5 Å². The number of aliphatic imine (C=N–C) groups is 1. The molecule has 0 spiro atoms. The van der Waals surface area contributed by atoms with Crippen molar-refractivity contribution in [3.63, 3.8) is 0 Å². The van der Waals surface area contributed by atoms with Crippen LogP contribution in [0.25, 0.3) is 6.08 Å². The average molecular weight is 563 g/mol. The molecule has 0 radical (unpaired) electrons. The van der Waals surface area contributed by atoms with E-state index >= 15 is 0 Å². The van der Waals surface area contributed by atoms with Gasteiger partial charge in [-0.15, -0.1) is 0 Å². The lowest BCUT2D eigenvalue weighted by Gasteiger charge is -2.14. The number of cyclic esters (lactones) is 1. The second kappa shape index (κ2) is 11.3. The molecule has 0 aliphatic carbocycles. The third kappa shape index (κ3) is 6.34. The molecular formula is C25H26INO6. The fraction of sp³-hybridized carbons (Fsp3) is 0.320. The number of hydrogen-bond acceptors (Lipinski definition) is 7. The maximum Gasteiger partial charge on any atom is 0.363 e. The van der Waals surface area contributed by atoms with Gasteiger partial charge in [0, 0.05) is 5.56 Å². The predicted octanol–water partition coefficient (Wildman–Crippen LogP) is 5.10. The van der Waals surface area contributed by atoms with Crippen molar-refractivity contribution in [1.82, 2.24) is 0 Å². The second-order valence-corrected chi connectivity index (χ2v) is 8.63. The Morgan fingerprint density at radius 1 is 1.12 bits per heavy atom. The van der Waals surface area contributed by atoms with Gasteiger partial charge in [0.05, 0.1) is 16.8 Å². The van der Waals surface area contributed by atoms with Gasteiger partial charge in [0.1, 0.15) is 0 Å². The monoisotopic (exact) mass is 563 g/mol. The van der Waals surface area contributed by atoms with Gasteiger partial charge in [-0.05, 0) is 83.8 Å². The number of ether oxygens (including phenoxy) is 4. The van der Waals surface area contributed by atoms with Crippen molar-refractivity contribution in [3.05, 3.63) is 62.4 Å². The van der Waals surface area contributed by atoms with Gasteiger partial charge in [-0.3, -0.25) is 0 Å². The van der Waals surface area contributed by atoms with Gasteiger partial charge in [-0.25, -0.2) is 14.6 Å². The van der Waals surface area contributed by atoms with Crippen LogP contribution in [-0.2, 0) is 19.1 Å². The first-order valence-electron chi connectivity index (χ1n) is 10.7. The zero-order valence-electron chi connectivity index (χ0n) is 19.0. The van der Waals surface area contributed by atoms with E-state index in [9.17, 15) is 9.59 Å². The number of carbonyl (C=O) groups excluding carboxylic acids is 2. The summed E-state index contributed by atoms with van der Waals surface area (Å²) in [5.41, 5.74) is 2.82. The fourth-order valence-corrected chi connectivity index (χ4v) is 3.89. The number of nitrogens with zero attached hydrogens (tertiary/aromatic N) is 1. The Morgan fingerprint density at radius 2 is 1.85 bits per heavy atom. The Hall–Kier alpha value is -2.88. The summed E-state index contributed by atoms with van der Waals surface area (Å²) in [7, 11) is 0. The molecule has 0 amide bonds. The smallest absolute Gasteiger partial charge is 0.363 e. The summed E-state index contributed by atoms with van der Waals surface area (Å²) in [4.78, 5) is 28.5. The molecule has 0 bridgehead atoms. The maximum absolute atomic E-state index is 12.4. The molecule has 1 aliphatic rings. The second-order valence-electron chi connectivity index (χ2n) is 7.47. The molecule has 0 N–H and O–H groups in total. The molecule has 1 heterocycles. The van der Waals surface area contributed by atoms with Gasteiger partial charge in [-0.1, -0.05) is 26.0 Å². The lowest BCUT2D eigenvalue weighted by atomic mass is 10.0. The number of hydrogen-bond donors (Lipinski definition) is 0. The standard InChI is InChI=1S/C25H26INO6/c1-5-30-21-13-16(11-19(26)23(21)32-14-22(28)31-6-2)12-20-25(29)33-24(27-20)18-9-7-17(8-10-18)15(3)4/h7-13,15H,5-6,14H2,1-4H3/b20-12-. The summed E-state index contributed by atoms with van der Waals surface area (Å²) in [5, 5.41) is 0. The quantitative estimate of drug-likeness (QED) is 0.240. The molecule has 174 valence electrons. The molecular weight excluding hydrogens is 537 g/mol. The molecule has 0 unspecified atom stereocenters. The van der Waals surface area contributed by atoms with E-state index in [1.165, 1.54) is 5.56 Å². The first-order chi connectivity index (χ1) is 15.8. The normalized spacial score (nSPS) is 14.3. The molecule has 7 nitrogen and oxygen atoms in total. The molecule has 3 rings (SSSR count). The Balaban J connectivity index is 1.86. The van der Waals surface area contributed by atoms with Gasteiger partial charge >= 0.3 is 11.9 Å². The molecule has 8 heteroatoms. The van der Waals surface area contributed by atoms with Gasteiger partial charge in [0.25, 0.3) is 0 Å². The van der Waals surface area contributed by atoms with Crippen LogP contribution in [0.2, 0.25) is 0 Å². The minimum absolute atomic E-state index is 0.191. The highest BCUT2D eigenvalue weighted by Gasteiger charge is 2.25. The summed E-state index contributed by atoms with van der Waals surface area (Å²) in [5.74, 6) is 0.605. The minimum Gasteiger partial charge on any atom is -0.490 e. The van der Waals surface area contributed by atoms with Gasteiger partial charge < -0.3 is 18.9 Å². The van der Waals surface area contributed by atoms with Crippen LogP contribution in [0.4, 0.5) is 0 Å². The average Bonchev–Trinajstić information content (AvgIpc) is 3.14. The number of benzene rings is 2. The van der Waals surface area contributed by atoms with Crippen molar-refractivity contribution < 1.29 is 28.5 Å². The summed E-state index contributed by atoms with van der Waals surface area (Å²) in [6.45, 7) is 8.29. The third-order valence-corrected chi connectivity index (χ3v) is 5.52. The van der Waals surface area contributed by atoms with Crippen molar-refractivity contribution in [1.29, 1.82) is 0 Å². The van der Waals surface area contributed by atoms with Crippen LogP contribution in [0.15, 0.2) is 47.1 Å². The van der Waals surface area contributed by atoms with Crippen molar-refractivity contribution in [2.75, 3.05) is 19.8 Å². The minimum atomic E-state index is -0.520. The molecule has 0 saturated heterocycles. The maximum atomic E-state index is 12.4. The molecule has 0 saturated carbocycles. The highest BCUT2D eigenvalue weighted by molar-refractivity contribution is 14.1. The van der Waals surface area contributed by atoms with Crippen LogP contribution in [-0.4, -0.2) is 37.7 Å². The van der Waals surface area contributed by atoms with Crippen LogP contribution in [0.1, 0.15) is 50.3 Å². The first kappa shape index (κ1) is 24.8. The SMILES string of the molecule is CCOC(=O)COc1c(I)cc(/C=C2\N=C(c3ccc(C(C)C)cc3)OC2=O)cc1OCC. The Labute approximate surface area is 206 Å². The number of halogens is 1. The van der Waals surface area contributed by atoms with Crippen LogP contribution < -0.4 is 9.47 Å². The Morgan fingerprint density at radius 3 is 2.48 bits per heavy atom. The van der Waals surface area contributed by atoms with Crippen molar-refractivity contribution >= 4 is 46.5 Å². The Bertz CT molecular complexity index is 1090. The van der Waals surface area contributed by atoms with E-state index in [1.54, 1.807) is 19.1 Å². The highest BCUT2D eigenvalue weighted by atomic mass is 127. The van der Waals surface area contributed by atoms with E-state index in [0.29, 0.717) is 29.6 Å². The summed E-state index contributed by atoms with van der Waals surface area (Å²) in [6, 6.07) is 11.4.